The zero-order valence-electron chi connectivity index (χ0n) is 13.9. The van der Waals surface area contributed by atoms with Crippen molar-refractivity contribution >= 4 is 5.91 Å². The predicted molar refractivity (Wildman–Crippen MR) is 88.9 cm³/mol. The van der Waals surface area contributed by atoms with Crippen LogP contribution in [0.1, 0.15) is 25.7 Å². The van der Waals surface area contributed by atoms with Gasteiger partial charge in [0.05, 0.1) is 26.7 Å². The van der Waals surface area contributed by atoms with Gasteiger partial charge in [-0.2, -0.15) is 0 Å². The van der Waals surface area contributed by atoms with Crippen LogP contribution in [0.2, 0.25) is 0 Å². The van der Waals surface area contributed by atoms with Gasteiger partial charge in [-0.1, -0.05) is 25.0 Å². The lowest BCUT2D eigenvalue weighted by atomic mass is 10.1. The van der Waals surface area contributed by atoms with Crippen LogP contribution in [0.3, 0.4) is 0 Å². The number of likely N-dealkylation sites (tertiary alicyclic amines) is 2. The first-order chi connectivity index (χ1) is 11.3. The maximum atomic E-state index is 12.3. The van der Waals surface area contributed by atoms with Crippen LogP contribution in [0.15, 0.2) is 24.3 Å². The highest BCUT2D eigenvalue weighted by molar-refractivity contribution is 5.79. The van der Waals surface area contributed by atoms with Crippen molar-refractivity contribution in [2.75, 3.05) is 39.8 Å². The normalized spacial score (nSPS) is 19.8. The lowest BCUT2D eigenvalue weighted by Crippen LogP contribution is -2.58. The van der Waals surface area contributed by atoms with Gasteiger partial charge in [0.15, 0.2) is 11.5 Å². The Balaban J connectivity index is 1.44. The standard InChI is InChI=1S/C18H26N2O3/c1-22-16-8-4-5-9-17(16)23-15-12-20(13-15)18(21)14-19-10-6-2-3-7-11-19/h4-5,8-9,15H,2-3,6-7,10-14H2,1H3. The molecule has 0 radical (unpaired) electrons. The van der Waals surface area contributed by atoms with E-state index in [1.165, 1.54) is 25.7 Å². The van der Waals surface area contributed by atoms with E-state index in [2.05, 4.69) is 4.90 Å². The number of hydrogen-bond donors (Lipinski definition) is 0. The second-order valence-electron chi connectivity index (χ2n) is 6.38. The third-order valence-electron chi connectivity index (χ3n) is 4.62. The summed E-state index contributed by atoms with van der Waals surface area (Å²) in [7, 11) is 1.64. The molecule has 3 rings (SSSR count). The first-order valence-corrected chi connectivity index (χ1v) is 8.56. The van der Waals surface area contributed by atoms with Crippen LogP contribution in [0.5, 0.6) is 11.5 Å². The minimum Gasteiger partial charge on any atom is -0.493 e. The van der Waals surface area contributed by atoms with Crippen LogP contribution < -0.4 is 9.47 Å². The third kappa shape index (κ3) is 4.16. The molecular weight excluding hydrogens is 292 g/mol. The molecule has 0 spiro atoms. The summed E-state index contributed by atoms with van der Waals surface area (Å²) < 4.78 is 11.2. The highest BCUT2D eigenvalue weighted by Gasteiger charge is 2.33. The van der Waals surface area contributed by atoms with Crippen molar-refractivity contribution in [3.63, 3.8) is 0 Å². The van der Waals surface area contributed by atoms with Gasteiger partial charge in [-0.3, -0.25) is 9.69 Å². The Hall–Kier alpha value is -1.75. The average molecular weight is 318 g/mol. The van der Waals surface area contributed by atoms with Crippen LogP contribution in [0.25, 0.3) is 0 Å². The zero-order chi connectivity index (χ0) is 16.1. The first kappa shape index (κ1) is 16.1. The van der Waals surface area contributed by atoms with Crippen LogP contribution in [-0.4, -0.2) is 61.6 Å². The summed E-state index contributed by atoms with van der Waals surface area (Å²) in [5, 5.41) is 0. The third-order valence-corrected chi connectivity index (χ3v) is 4.62. The summed E-state index contributed by atoms with van der Waals surface area (Å²) in [5.41, 5.74) is 0. The van der Waals surface area contributed by atoms with E-state index in [1.54, 1.807) is 7.11 Å². The van der Waals surface area contributed by atoms with Gasteiger partial charge in [0.2, 0.25) is 5.91 Å². The monoisotopic (exact) mass is 318 g/mol. The number of nitrogens with zero attached hydrogens (tertiary/aromatic N) is 2. The molecule has 0 unspecified atom stereocenters. The second-order valence-corrected chi connectivity index (χ2v) is 6.38. The fourth-order valence-corrected chi connectivity index (χ4v) is 3.20. The summed E-state index contributed by atoms with van der Waals surface area (Å²) in [6.07, 6.45) is 5.09. The van der Waals surface area contributed by atoms with Crippen molar-refractivity contribution in [2.24, 2.45) is 0 Å². The Labute approximate surface area is 138 Å². The smallest absolute Gasteiger partial charge is 0.237 e. The van der Waals surface area contributed by atoms with Crippen molar-refractivity contribution in [2.45, 2.75) is 31.8 Å². The van der Waals surface area contributed by atoms with E-state index in [0.717, 1.165) is 24.6 Å². The van der Waals surface area contributed by atoms with Crippen LogP contribution in [0.4, 0.5) is 0 Å². The molecule has 0 aliphatic carbocycles. The number of amides is 1. The Bertz CT molecular complexity index is 521. The van der Waals surface area contributed by atoms with Crippen molar-refractivity contribution < 1.29 is 14.3 Å². The quantitative estimate of drug-likeness (QED) is 0.834. The number of carbonyl (C=O) groups is 1. The molecule has 23 heavy (non-hydrogen) atoms. The van der Waals surface area contributed by atoms with E-state index in [0.29, 0.717) is 19.6 Å². The number of rotatable bonds is 5. The number of carbonyl (C=O) groups excluding carboxylic acids is 1. The van der Waals surface area contributed by atoms with Crippen molar-refractivity contribution in [1.29, 1.82) is 0 Å². The van der Waals surface area contributed by atoms with Gasteiger partial charge in [-0.15, -0.1) is 0 Å². The van der Waals surface area contributed by atoms with E-state index in [4.69, 9.17) is 9.47 Å². The molecule has 0 N–H and O–H groups in total. The number of hydrogen-bond acceptors (Lipinski definition) is 4. The zero-order valence-corrected chi connectivity index (χ0v) is 13.9. The molecule has 5 nitrogen and oxygen atoms in total. The first-order valence-electron chi connectivity index (χ1n) is 8.56. The molecule has 2 aliphatic heterocycles. The molecule has 1 aromatic carbocycles. The van der Waals surface area contributed by atoms with Crippen molar-refractivity contribution in [1.82, 2.24) is 9.80 Å². The molecule has 0 bridgehead atoms. The van der Waals surface area contributed by atoms with Crippen LogP contribution in [0, 0.1) is 0 Å². The molecule has 1 aromatic rings. The van der Waals surface area contributed by atoms with Crippen molar-refractivity contribution in [3.8, 4) is 11.5 Å². The highest BCUT2D eigenvalue weighted by Crippen LogP contribution is 2.28. The fraction of sp³-hybridized carbons (Fsp3) is 0.611. The van der Waals surface area contributed by atoms with Gasteiger partial charge in [0, 0.05) is 0 Å². The molecule has 5 heteroatoms. The van der Waals surface area contributed by atoms with E-state index < -0.39 is 0 Å². The Morgan fingerprint density at radius 3 is 2.39 bits per heavy atom. The molecule has 2 heterocycles. The van der Waals surface area contributed by atoms with Crippen LogP contribution in [-0.2, 0) is 4.79 Å². The average Bonchev–Trinajstić information content (AvgIpc) is 2.79. The second kappa shape index (κ2) is 7.68. The molecule has 2 aliphatic rings. The van der Waals surface area contributed by atoms with E-state index in [9.17, 15) is 4.79 Å². The Kier molecular flexibility index (Phi) is 5.39. The summed E-state index contributed by atoms with van der Waals surface area (Å²) in [4.78, 5) is 16.5. The lowest BCUT2D eigenvalue weighted by molar-refractivity contribution is -0.141. The van der Waals surface area contributed by atoms with E-state index in [1.807, 2.05) is 29.2 Å². The van der Waals surface area contributed by atoms with Gasteiger partial charge in [-0.05, 0) is 38.1 Å². The highest BCUT2D eigenvalue weighted by atomic mass is 16.5. The van der Waals surface area contributed by atoms with E-state index in [-0.39, 0.29) is 12.0 Å². The predicted octanol–water partition coefficient (Wildman–Crippen LogP) is 2.16. The largest absolute Gasteiger partial charge is 0.493 e. The summed E-state index contributed by atoms with van der Waals surface area (Å²) in [6, 6.07) is 7.64. The molecule has 2 saturated heterocycles. The molecule has 2 fully saturated rings. The van der Waals surface area contributed by atoms with Crippen LogP contribution >= 0.6 is 0 Å². The number of benzene rings is 1. The number of para-hydroxylation sites is 2. The molecule has 0 aromatic heterocycles. The van der Waals surface area contributed by atoms with Gasteiger partial charge < -0.3 is 14.4 Å². The van der Waals surface area contributed by atoms with Crippen molar-refractivity contribution in [3.05, 3.63) is 24.3 Å². The maximum absolute atomic E-state index is 12.3. The molecule has 1 amide bonds. The summed E-state index contributed by atoms with van der Waals surface area (Å²) in [5.74, 6) is 1.72. The molecule has 0 saturated carbocycles. The molecule has 0 atom stereocenters. The molecular formula is C18H26N2O3. The minimum atomic E-state index is 0.0689. The lowest BCUT2D eigenvalue weighted by Gasteiger charge is -2.40. The fourth-order valence-electron chi connectivity index (χ4n) is 3.20. The Morgan fingerprint density at radius 1 is 1.09 bits per heavy atom. The van der Waals surface area contributed by atoms with Gasteiger partial charge >= 0.3 is 0 Å². The van der Waals surface area contributed by atoms with Gasteiger partial charge in [0.25, 0.3) is 0 Å². The summed E-state index contributed by atoms with van der Waals surface area (Å²) in [6.45, 7) is 4.01. The SMILES string of the molecule is COc1ccccc1OC1CN(C(=O)CN2CCCCCC2)C1. The summed E-state index contributed by atoms with van der Waals surface area (Å²) >= 11 is 0. The minimum absolute atomic E-state index is 0.0689. The van der Waals surface area contributed by atoms with E-state index >= 15 is 0 Å². The topological polar surface area (TPSA) is 42.0 Å². The Morgan fingerprint density at radius 2 is 1.74 bits per heavy atom. The maximum Gasteiger partial charge on any atom is 0.237 e. The number of methoxy groups -OCH3 is 1. The van der Waals surface area contributed by atoms with Gasteiger partial charge in [0.1, 0.15) is 6.10 Å². The van der Waals surface area contributed by atoms with Gasteiger partial charge in [-0.25, -0.2) is 0 Å². The molecule has 126 valence electrons. The number of ether oxygens (including phenoxy) is 2.